The molecule has 0 spiro atoms. The molecule has 0 aliphatic heterocycles. The maximum atomic E-state index is 10.8. The number of nitrogens with zero attached hydrogens (tertiary/aromatic N) is 2. The smallest absolute Gasteiger partial charge is 0.225 e. The van der Waals surface area contributed by atoms with Crippen molar-refractivity contribution in [2.45, 2.75) is 13.8 Å². The van der Waals surface area contributed by atoms with Crippen LogP contribution in [0.1, 0.15) is 11.8 Å². The van der Waals surface area contributed by atoms with Crippen LogP contribution >= 0.6 is 11.3 Å². The minimum Gasteiger partial charge on any atom is -0.292 e. The lowest BCUT2D eigenvalue weighted by Gasteiger charge is -2.08. The van der Waals surface area contributed by atoms with Crippen molar-refractivity contribution in [1.29, 1.82) is 0 Å². The number of thiazole rings is 1. The molecule has 4 heteroatoms. The molecule has 1 aromatic rings. The van der Waals surface area contributed by atoms with Gasteiger partial charge in [-0.3, -0.25) is 9.69 Å². The Hall–Kier alpha value is -0.900. The Morgan fingerprint density at radius 1 is 1.73 bits per heavy atom. The molecule has 1 heterocycles. The van der Waals surface area contributed by atoms with E-state index < -0.39 is 0 Å². The first-order valence-corrected chi connectivity index (χ1v) is 4.09. The van der Waals surface area contributed by atoms with Gasteiger partial charge >= 0.3 is 0 Å². The zero-order chi connectivity index (χ0) is 8.43. The lowest BCUT2D eigenvalue weighted by atomic mass is 10.6. The fraction of sp³-hybridized carbons (Fsp3) is 0.429. The number of amides is 1. The van der Waals surface area contributed by atoms with Crippen molar-refractivity contribution in [2.75, 3.05) is 11.9 Å². The van der Waals surface area contributed by atoms with Crippen molar-refractivity contribution >= 4 is 22.4 Å². The molecule has 1 aromatic heterocycles. The van der Waals surface area contributed by atoms with Crippen molar-refractivity contribution in [2.24, 2.45) is 0 Å². The Bertz CT molecular complexity index is 269. The van der Waals surface area contributed by atoms with E-state index in [2.05, 4.69) is 4.98 Å². The van der Waals surface area contributed by atoms with Crippen molar-refractivity contribution in [1.82, 2.24) is 4.98 Å². The van der Waals surface area contributed by atoms with Gasteiger partial charge in [0.15, 0.2) is 5.13 Å². The second kappa shape index (κ2) is 3.00. The molecule has 0 atom stereocenters. The molecular weight excluding hydrogens is 160 g/mol. The molecule has 0 aliphatic carbocycles. The highest BCUT2D eigenvalue weighted by molar-refractivity contribution is 7.15. The summed E-state index contributed by atoms with van der Waals surface area (Å²) in [7, 11) is 1.72. The number of hydrogen-bond acceptors (Lipinski definition) is 3. The van der Waals surface area contributed by atoms with E-state index in [1.165, 1.54) is 23.2 Å². The van der Waals surface area contributed by atoms with Gasteiger partial charge in [0.1, 0.15) is 0 Å². The van der Waals surface area contributed by atoms with Gasteiger partial charge in [0.05, 0.1) is 0 Å². The Morgan fingerprint density at radius 3 is 2.73 bits per heavy atom. The highest BCUT2D eigenvalue weighted by atomic mass is 32.1. The van der Waals surface area contributed by atoms with E-state index in [9.17, 15) is 4.79 Å². The third-order valence-corrected chi connectivity index (χ3v) is 2.36. The monoisotopic (exact) mass is 170 g/mol. The van der Waals surface area contributed by atoms with E-state index in [1.54, 1.807) is 13.2 Å². The van der Waals surface area contributed by atoms with Crippen LogP contribution in [0.2, 0.25) is 0 Å². The summed E-state index contributed by atoms with van der Waals surface area (Å²) in [4.78, 5) is 17.6. The van der Waals surface area contributed by atoms with Crippen LogP contribution < -0.4 is 4.90 Å². The average Bonchev–Trinajstić information content (AvgIpc) is 2.34. The largest absolute Gasteiger partial charge is 0.292 e. The van der Waals surface area contributed by atoms with E-state index in [1.807, 2.05) is 6.92 Å². The molecule has 60 valence electrons. The number of aromatic nitrogens is 1. The Kier molecular flexibility index (Phi) is 2.24. The molecule has 1 rings (SSSR count). The standard InChI is InChI=1S/C7H10N2OS/c1-5-4-8-7(11-5)9(3)6(2)10/h4H,1-3H3. The van der Waals surface area contributed by atoms with E-state index in [4.69, 9.17) is 0 Å². The molecule has 0 radical (unpaired) electrons. The van der Waals surface area contributed by atoms with Crippen molar-refractivity contribution in [3.63, 3.8) is 0 Å². The summed E-state index contributed by atoms with van der Waals surface area (Å²) < 4.78 is 0. The van der Waals surface area contributed by atoms with Gasteiger partial charge in [0.25, 0.3) is 0 Å². The van der Waals surface area contributed by atoms with Gasteiger partial charge in [-0.2, -0.15) is 0 Å². The minimum absolute atomic E-state index is 0.0133. The summed E-state index contributed by atoms with van der Waals surface area (Å²) in [6.07, 6.45) is 1.76. The molecule has 1 amide bonds. The van der Waals surface area contributed by atoms with Crippen LogP contribution in [0.5, 0.6) is 0 Å². The lowest BCUT2D eigenvalue weighted by Crippen LogP contribution is -2.22. The van der Waals surface area contributed by atoms with Gasteiger partial charge < -0.3 is 0 Å². The first-order valence-electron chi connectivity index (χ1n) is 3.28. The van der Waals surface area contributed by atoms with Crippen molar-refractivity contribution < 1.29 is 4.79 Å². The number of carbonyl (C=O) groups is 1. The van der Waals surface area contributed by atoms with Gasteiger partial charge in [-0.25, -0.2) is 4.98 Å². The molecule has 0 bridgehead atoms. The maximum absolute atomic E-state index is 10.8. The minimum atomic E-state index is 0.0133. The summed E-state index contributed by atoms with van der Waals surface area (Å²) in [5.74, 6) is 0.0133. The van der Waals surface area contributed by atoms with E-state index in [0.717, 1.165) is 10.0 Å². The third-order valence-electron chi connectivity index (χ3n) is 1.37. The molecule has 0 aliphatic rings. The fourth-order valence-corrected chi connectivity index (χ4v) is 1.40. The molecule has 0 N–H and O–H groups in total. The van der Waals surface area contributed by atoms with Crippen LogP contribution in [0.3, 0.4) is 0 Å². The fourth-order valence-electron chi connectivity index (χ4n) is 0.633. The van der Waals surface area contributed by atoms with Gasteiger partial charge in [-0.05, 0) is 6.92 Å². The van der Waals surface area contributed by atoms with E-state index in [-0.39, 0.29) is 5.91 Å². The molecule has 3 nitrogen and oxygen atoms in total. The highest BCUT2D eigenvalue weighted by Gasteiger charge is 2.07. The predicted molar refractivity (Wildman–Crippen MR) is 45.9 cm³/mol. The first-order chi connectivity index (χ1) is 5.11. The second-order valence-electron chi connectivity index (χ2n) is 2.33. The van der Waals surface area contributed by atoms with E-state index in [0.29, 0.717) is 0 Å². The van der Waals surface area contributed by atoms with Crippen LogP contribution in [0.25, 0.3) is 0 Å². The van der Waals surface area contributed by atoms with Crippen LogP contribution in [0.4, 0.5) is 5.13 Å². The molecular formula is C7H10N2OS. The topological polar surface area (TPSA) is 33.2 Å². The SMILES string of the molecule is CC(=O)N(C)c1ncc(C)s1. The van der Waals surface area contributed by atoms with Gasteiger partial charge in [-0.15, -0.1) is 11.3 Å². The first kappa shape index (κ1) is 8.20. The molecule has 0 saturated heterocycles. The summed E-state index contributed by atoms with van der Waals surface area (Å²) in [6, 6.07) is 0. The zero-order valence-corrected chi connectivity index (χ0v) is 7.60. The number of hydrogen-bond donors (Lipinski definition) is 0. The molecule has 0 fully saturated rings. The number of carbonyl (C=O) groups excluding carboxylic acids is 1. The number of rotatable bonds is 1. The van der Waals surface area contributed by atoms with E-state index >= 15 is 0 Å². The highest BCUT2D eigenvalue weighted by Crippen LogP contribution is 2.19. The summed E-state index contributed by atoms with van der Waals surface area (Å²) >= 11 is 1.52. The van der Waals surface area contributed by atoms with Crippen LogP contribution in [-0.2, 0) is 4.79 Å². The van der Waals surface area contributed by atoms with Crippen LogP contribution in [-0.4, -0.2) is 17.9 Å². The van der Waals surface area contributed by atoms with Crippen molar-refractivity contribution in [3.05, 3.63) is 11.1 Å². The zero-order valence-electron chi connectivity index (χ0n) is 6.79. The quantitative estimate of drug-likeness (QED) is 0.639. The molecule has 0 saturated carbocycles. The Morgan fingerprint density at radius 2 is 2.36 bits per heavy atom. The summed E-state index contributed by atoms with van der Waals surface area (Å²) in [5.41, 5.74) is 0. The molecule has 11 heavy (non-hydrogen) atoms. The molecule has 0 aromatic carbocycles. The third kappa shape index (κ3) is 1.77. The Balaban J connectivity index is 2.84. The normalized spacial score (nSPS) is 9.73. The number of aryl methyl sites for hydroxylation is 1. The predicted octanol–water partition coefficient (Wildman–Crippen LogP) is 1.43. The average molecular weight is 170 g/mol. The van der Waals surface area contributed by atoms with Crippen LogP contribution in [0, 0.1) is 6.92 Å². The van der Waals surface area contributed by atoms with Crippen molar-refractivity contribution in [3.8, 4) is 0 Å². The summed E-state index contributed by atoms with van der Waals surface area (Å²) in [5, 5.41) is 0.759. The van der Waals surface area contributed by atoms with Gasteiger partial charge in [0.2, 0.25) is 5.91 Å². The maximum Gasteiger partial charge on any atom is 0.225 e. The number of anilines is 1. The lowest BCUT2D eigenvalue weighted by molar-refractivity contribution is -0.116. The van der Waals surface area contributed by atoms with Gasteiger partial charge in [-0.1, -0.05) is 0 Å². The molecule has 0 unspecified atom stereocenters. The summed E-state index contributed by atoms with van der Waals surface area (Å²) in [6.45, 7) is 3.49. The Labute approximate surface area is 69.7 Å². The van der Waals surface area contributed by atoms with Gasteiger partial charge in [0, 0.05) is 25.0 Å². The second-order valence-corrected chi connectivity index (χ2v) is 3.54. The van der Waals surface area contributed by atoms with Crippen LogP contribution in [0.15, 0.2) is 6.20 Å².